The Morgan fingerprint density at radius 2 is 1.96 bits per heavy atom. The Balaban J connectivity index is 1.44. The van der Waals surface area contributed by atoms with Gasteiger partial charge in [0.2, 0.25) is 5.89 Å². The number of rotatable bonds is 5. The monoisotopic (exact) mass is 333 g/mol. The van der Waals surface area contributed by atoms with Crippen molar-refractivity contribution in [1.29, 1.82) is 0 Å². The smallest absolute Gasteiger partial charge is 0.209 e. The van der Waals surface area contributed by atoms with Crippen LogP contribution in [0.1, 0.15) is 31.6 Å². The predicted molar refractivity (Wildman–Crippen MR) is 89.1 cm³/mol. The van der Waals surface area contributed by atoms with E-state index in [1.807, 2.05) is 0 Å². The van der Waals surface area contributed by atoms with Crippen molar-refractivity contribution in [1.82, 2.24) is 14.8 Å². The van der Waals surface area contributed by atoms with Gasteiger partial charge in [-0.2, -0.15) is 0 Å². The summed E-state index contributed by atoms with van der Waals surface area (Å²) in [4.78, 5) is 9.32. The molecule has 4 rings (SSSR count). The number of hydrogen-bond acceptors (Lipinski definition) is 5. The molecule has 3 heterocycles. The summed E-state index contributed by atoms with van der Waals surface area (Å²) in [6, 6.07) is 5.26. The molecule has 2 unspecified atom stereocenters. The number of fused-ring (bicyclic) bond motifs is 1. The highest BCUT2D eigenvalue weighted by atomic mass is 19.1. The number of aromatic nitrogens is 1. The Morgan fingerprint density at radius 3 is 2.79 bits per heavy atom. The molecule has 2 fully saturated rings. The van der Waals surface area contributed by atoms with Gasteiger partial charge >= 0.3 is 0 Å². The summed E-state index contributed by atoms with van der Waals surface area (Å²) in [5, 5.41) is 9.50. The molecule has 1 aromatic carbocycles. The van der Waals surface area contributed by atoms with Gasteiger partial charge < -0.3 is 9.52 Å². The summed E-state index contributed by atoms with van der Waals surface area (Å²) in [6.45, 7) is 4.04. The fourth-order valence-electron chi connectivity index (χ4n) is 4.11. The number of nitrogens with zero attached hydrogens (tertiary/aromatic N) is 3. The van der Waals surface area contributed by atoms with E-state index in [-0.39, 0.29) is 12.4 Å². The van der Waals surface area contributed by atoms with Gasteiger partial charge in [-0.25, -0.2) is 9.37 Å². The second-order valence-electron chi connectivity index (χ2n) is 6.96. The summed E-state index contributed by atoms with van der Waals surface area (Å²) >= 11 is 0. The van der Waals surface area contributed by atoms with Crippen molar-refractivity contribution < 1.29 is 13.9 Å². The maximum atomic E-state index is 13.3. The fourth-order valence-corrected chi connectivity index (χ4v) is 4.11. The van der Waals surface area contributed by atoms with E-state index in [0.717, 1.165) is 26.1 Å². The van der Waals surface area contributed by atoms with Crippen LogP contribution in [0.2, 0.25) is 0 Å². The first-order valence-electron chi connectivity index (χ1n) is 8.87. The van der Waals surface area contributed by atoms with Gasteiger partial charge in [0.25, 0.3) is 0 Å². The molecule has 5 nitrogen and oxygen atoms in total. The molecule has 0 radical (unpaired) electrons. The summed E-state index contributed by atoms with van der Waals surface area (Å²) in [7, 11) is 0. The Morgan fingerprint density at radius 1 is 1.17 bits per heavy atom. The average Bonchev–Trinajstić information content (AvgIpc) is 3.28. The zero-order valence-corrected chi connectivity index (χ0v) is 13.8. The molecule has 0 saturated carbocycles. The zero-order valence-electron chi connectivity index (χ0n) is 13.8. The molecule has 0 bridgehead atoms. The Hall–Kier alpha value is -1.50. The number of likely N-dealkylation sites (tertiary alicyclic amines) is 2. The van der Waals surface area contributed by atoms with Gasteiger partial charge in [-0.1, -0.05) is 0 Å². The molecule has 130 valence electrons. The van der Waals surface area contributed by atoms with Crippen molar-refractivity contribution in [3.05, 3.63) is 29.9 Å². The fraction of sp³-hybridized carbons (Fsp3) is 0.611. The quantitative estimate of drug-likeness (QED) is 0.910. The lowest BCUT2D eigenvalue weighted by molar-refractivity contribution is 0.116. The van der Waals surface area contributed by atoms with Crippen molar-refractivity contribution in [2.45, 2.75) is 44.3 Å². The second kappa shape index (κ2) is 6.78. The number of oxazole rings is 1. The molecule has 2 atom stereocenters. The van der Waals surface area contributed by atoms with E-state index in [9.17, 15) is 9.50 Å². The maximum Gasteiger partial charge on any atom is 0.209 e. The first-order chi connectivity index (χ1) is 11.7. The van der Waals surface area contributed by atoms with Crippen molar-refractivity contribution >= 4 is 11.1 Å². The van der Waals surface area contributed by atoms with Crippen molar-refractivity contribution in [3.63, 3.8) is 0 Å². The minimum absolute atomic E-state index is 0.253. The molecule has 1 N–H and O–H groups in total. The van der Waals surface area contributed by atoms with E-state index in [0.29, 0.717) is 35.6 Å². The molecule has 0 amide bonds. The van der Waals surface area contributed by atoms with Crippen LogP contribution in [0.25, 0.3) is 11.1 Å². The molecule has 1 aromatic heterocycles. The SMILES string of the molecule is OCC1CCCN1CC1CCCN1Cc1nc2ccc(F)cc2o1. The predicted octanol–water partition coefficient (Wildman–Crippen LogP) is 2.39. The van der Waals surface area contributed by atoms with Gasteiger partial charge in [0.05, 0.1) is 13.2 Å². The van der Waals surface area contributed by atoms with Crippen LogP contribution >= 0.6 is 0 Å². The molecular formula is C18H24FN3O2. The summed E-state index contributed by atoms with van der Waals surface area (Å²) in [6.07, 6.45) is 4.62. The van der Waals surface area contributed by atoms with Crippen LogP contribution in [0, 0.1) is 5.82 Å². The van der Waals surface area contributed by atoms with Crippen LogP contribution in [0.3, 0.4) is 0 Å². The molecule has 2 aromatic rings. The van der Waals surface area contributed by atoms with Gasteiger partial charge in [0, 0.05) is 24.7 Å². The molecular weight excluding hydrogens is 309 g/mol. The lowest BCUT2D eigenvalue weighted by Crippen LogP contribution is -2.43. The van der Waals surface area contributed by atoms with Gasteiger partial charge in [-0.05, 0) is 50.9 Å². The maximum absolute atomic E-state index is 13.3. The van der Waals surface area contributed by atoms with Crippen LogP contribution in [0.4, 0.5) is 4.39 Å². The lowest BCUT2D eigenvalue weighted by atomic mass is 10.2. The highest BCUT2D eigenvalue weighted by Gasteiger charge is 2.31. The number of halogens is 1. The van der Waals surface area contributed by atoms with Crippen LogP contribution < -0.4 is 0 Å². The van der Waals surface area contributed by atoms with E-state index in [1.54, 1.807) is 6.07 Å². The van der Waals surface area contributed by atoms with Crippen LogP contribution in [0.5, 0.6) is 0 Å². The van der Waals surface area contributed by atoms with Gasteiger partial charge in [0.15, 0.2) is 5.58 Å². The van der Waals surface area contributed by atoms with Crippen molar-refractivity contribution in [2.24, 2.45) is 0 Å². The summed E-state index contributed by atoms with van der Waals surface area (Å²) in [5.41, 5.74) is 1.22. The van der Waals surface area contributed by atoms with E-state index >= 15 is 0 Å². The van der Waals surface area contributed by atoms with Gasteiger partial charge in [-0.15, -0.1) is 0 Å². The standard InChI is InChI=1S/C18H24FN3O2/c19-13-5-6-16-17(9-13)24-18(20-16)11-22-8-1-3-14(22)10-21-7-2-4-15(21)12-23/h5-6,9,14-15,23H,1-4,7-8,10-12H2. The first kappa shape index (κ1) is 16.0. The Bertz CT molecular complexity index is 705. The average molecular weight is 333 g/mol. The summed E-state index contributed by atoms with van der Waals surface area (Å²) in [5.74, 6) is 0.357. The van der Waals surface area contributed by atoms with Gasteiger partial charge in [0.1, 0.15) is 11.3 Å². The number of aliphatic hydroxyl groups is 1. The highest BCUT2D eigenvalue weighted by Crippen LogP contribution is 2.26. The minimum atomic E-state index is -0.298. The van der Waals surface area contributed by atoms with Crippen LogP contribution in [-0.4, -0.2) is 58.2 Å². The molecule has 2 saturated heterocycles. The Labute approximate surface area is 141 Å². The molecule has 24 heavy (non-hydrogen) atoms. The first-order valence-corrected chi connectivity index (χ1v) is 8.87. The Kier molecular flexibility index (Phi) is 4.52. The largest absolute Gasteiger partial charge is 0.439 e. The van der Waals surface area contributed by atoms with E-state index in [1.165, 1.54) is 31.4 Å². The van der Waals surface area contributed by atoms with Gasteiger partial charge in [-0.3, -0.25) is 9.80 Å². The van der Waals surface area contributed by atoms with Crippen LogP contribution in [0.15, 0.2) is 22.6 Å². The van der Waals surface area contributed by atoms with E-state index in [2.05, 4.69) is 14.8 Å². The van der Waals surface area contributed by atoms with Crippen LogP contribution in [-0.2, 0) is 6.54 Å². The second-order valence-corrected chi connectivity index (χ2v) is 6.96. The third-order valence-corrected chi connectivity index (χ3v) is 5.39. The summed E-state index contributed by atoms with van der Waals surface area (Å²) < 4.78 is 19.0. The molecule has 2 aliphatic rings. The topological polar surface area (TPSA) is 52.7 Å². The lowest BCUT2D eigenvalue weighted by Gasteiger charge is -2.30. The third kappa shape index (κ3) is 3.18. The van der Waals surface area contributed by atoms with Crippen molar-refractivity contribution in [3.8, 4) is 0 Å². The number of benzene rings is 1. The molecule has 6 heteroatoms. The third-order valence-electron chi connectivity index (χ3n) is 5.39. The molecule has 0 aliphatic carbocycles. The van der Waals surface area contributed by atoms with Crippen molar-refractivity contribution in [2.75, 3.05) is 26.2 Å². The minimum Gasteiger partial charge on any atom is -0.439 e. The highest BCUT2D eigenvalue weighted by molar-refractivity contribution is 5.72. The van der Waals surface area contributed by atoms with E-state index < -0.39 is 0 Å². The zero-order chi connectivity index (χ0) is 16.5. The number of aliphatic hydroxyl groups excluding tert-OH is 1. The number of hydrogen-bond donors (Lipinski definition) is 1. The van der Waals surface area contributed by atoms with E-state index in [4.69, 9.17) is 4.42 Å². The normalized spacial score (nSPS) is 25.9. The molecule has 2 aliphatic heterocycles. The molecule has 0 spiro atoms.